The van der Waals surface area contributed by atoms with Crippen LogP contribution in [0.3, 0.4) is 0 Å². The molecule has 2 rings (SSSR count). The Bertz CT molecular complexity index is 675. The van der Waals surface area contributed by atoms with E-state index in [0.717, 1.165) is 31.4 Å². The number of guanidine groups is 1. The van der Waals surface area contributed by atoms with Gasteiger partial charge in [-0.1, -0.05) is 38.5 Å². The van der Waals surface area contributed by atoms with E-state index in [1.54, 1.807) is 0 Å². The van der Waals surface area contributed by atoms with Crippen LogP contribution in [0.15, 0.2) is 23.2 Å². The first-order chi connectivity index (χ1) is 11.9. The van der Waals surface area contributed by atoms with Crippen molar-refractivity contribution in [3.63, 3.8) is 0 Å². The van der Waals surface area contributed by atoms with Gasteiger partial charge in [-0.25, -0.2) is 13.1 Å². The molecule has 0 bridgehead atoms. The zero-order valence-corrected chi connectivity index (χ0v) is 16.0. The fraction of sp³-hybridized carbons (Fsp3) is 0.611. The smallest absolute Gasteiger partial charge is 0.213 e. The van der Waals surface area contributed by atoms with Crippen molar-refractivity contribution in [1.29, 1.82) is 0 Å². The molecular weight excluding hydrogens is 336 g/mol. The summed E-state index contributed by atoms with van der Waals surface area (Å²) in [4.78, 5) is 4.18. The number of aryl methyl sites for hydroxylation is 2. The van der Waals surface area contributed by atoms with E-state index in [-0.39, 0.29) is 18.3 Å². The monoisotopic (exact) mass is 366 g/mol. The van der Waals surface area contributed by atoms with Gasteiger partial charge in [0.1, 0.15) is 0 Å². The molecule has 1 aromatic carbocycles. The topological polar surface area (TPSA) is 96.6 Å². The van der Waals surface area contributed by atoms with Crippen molar-refractivity contribution in [1.82, 2.24) is 4.72 Å². The third-order valence-corrected chi connectivity index (χ3v) is 6.04. The number of nitrogens with two attached hydrogens (primary N) is 1. The van der Waals surface area contributed by atoms with Gasteiger partial charge in [-0.2, -0.15) is 0 Å². The van der Waals surface area contributed by atoms with Gasteiger partial charge in [0.25, 0.3) is 0 Å². The first-order valence-corrected chi connectivity index (χ1v) is 10.8. The van der Waals surface area contributed by atoms with E-state index in [1.165, 1.54) is 17.5 Å². The van der Waals surface area contributed by atoms with Gasteiger partial charge in [0.05, 0.1) is 12.3 Å². The SMILES string of the molecule is CCc1cccc(CC)c1NC(N)=NCCS(=O)(=O)NCC1CCC1. The molecule has 1 saturated carbocycles. The van der Waals surface area contributed by atoms with Crippen molar-refractivity contribution in [2.45, 2.75) is 46.0 Å². The fourth-order valence-electron chi connectivity index (χ4n) is 2.87. The molecule has 1 aliphatic rings. The van der Waals surface area contributed by atoms with Gasteiger partial charge in [0.2, 0.25) is 10.0 Å². The van der Waals surface area contributed by atoms with Crippen LogP contribution in [0.25, 0.3) is 0 Å². The summed E-state index contributed by atoms with van der Waals surface area (Å²) in [6, 6.07) is 6.16. The predicted molar refractivity (Wildman–Crippen MR) is 104 cm³/mol. The van der Waals surface area contributed by atoms with E-state index in [2.05, 4.69) is 41.0 Å². The maximum atomic E-state index is 12.0. The van der Waals surface area contributed by atoms with Crippen molar-refractivity contribution in [2.24, 2.45) is 16.6 Å². The van der Waals surface area contributed by atoms with Gasteiger partial charge >= 0.3 is 0 Å². The van der Waals surface area contributed by atoms with Crippen LogP contribution in [-0.4, -0.2) is 33.2 Å². The summed E-state index contributed by atoms with van der Waals surface area (Å²) < 4.78 is 26.6. The number of hydrogen-bond acceptors (Lipinski definition) is 3. The van der Waals surface area contributed by atoms with Crippen LogP contribution in [0.4, 0.5) is 5.69 Å². The van der Waals surface area contributed by atoms with Gasteiger partial charge in [-0.15, -0.1) is 0 Å². The van der Waals surface area contributed by atoms with Gasteiger partial charge in [0, 0.05) is 12.2 Å². The summed E-state index contributed by atoms with van der Waals surface area (Å²) in [5.41, 5.74) is 9.29. The second-order valence-corrected chi connectivity index (χ2v) is 8.44. The molecule has 0 saturated heterocycles. The second kappa shape index (κ2) is 9.20. The molecule has 1 aromatic rings. The van der Waals surface area contributed by atoms with E-state index in [9.17, 15) is 8.42 Å². The number of aliphatic imine (C=N–C) groups is 1. The summed E-state index contributed by atoms with van der Waals surface area (Å²) in [6.07, 6.45) is 5.23. The number of anilines is 1. The summed E-state index contributed by atoms with van der Waals surface area (Å²) in [7, 11) is -3.29. The Hall–Kier alpha value is -1.60. The lowest BCUT2D eigenvalue weighted by Crippen LogP contribution is -2.34. The molecule has 0 heterocycles. The van der Waals surface area contributed by atoms with Crippen LogP contribution >= 0.6 is 0 Å². The lowest BCUT2D eigenvalue weighted by atomic mass is 9.86. The molecule has 1 aliphatic carbocycles. The summed E-state index contributed by atoms with van der Waals surface area (Å²) in [5.74, 6) is 0.714. The Kier molecular flexibility index (Phi) is 7.25. The third-order valence-electron chi connectivity index (χ3n) is 4.71. The molecule has 0 aliphatic heterocycles. The summed E-state index contributed by atoms with van der Waals surface area (Å²) in [5, 5.41) is 3.15. The molecule has 0 unspecified atom stereocenters. The van der Waals surface area contributed by atoms with E-state index in [0.29, 0.717) is 12.5 Å². The first kappa shape index (κ1) is 19.7. The minimum atomic E-state index is -3.29. The molecule has 140 valence electrons. The number of nitrogens with zero attached hydrogens (tertiary/aromatic N) is 1. The summed E-state index contributed by atoms with van der Waals surface area (Å²) in [6.45, 7) is 4.87. The minimum Gasteiger partial charge on any atom is -0.370 e. The zero-order valence-electron chi connectivity index (χ0n) is 15.2. The molecule has 25 heavy (non-hydrogen) atoms. The summed E-state index contributed by atoms with van der Waals surface area (Å²) >= 11 is 0. The molecule has 0 spiro atoms. The van der Waals surface area contributed by atoms with Gasteiger partial charge in [0.15, 0.2) is 5.96 Å². The highest BCUT2D eigenvalue weighted by Gasteiger charge is 2.19. The minimum absolute atomic E-state index is 0.0435. The molecule has 0 amide bonds. The average molecular weight is 367 g/mol. The molecule has 0 radical (unpaired) electrons. The van der Waals surface area contributed by atoms with E-state index < -0.39 is 10.0 Å². The standard InChI is InChI=1S/C18H30N4O2S/c1-3-15-9-6-10-16(4-2)17(15)22-18(19)20-11-12-25(23,24)21-13-14-7-5-8-14/h6,9-10,14,21H,3-5,7-8,11-13H2,1-2H3,(H3,19,20,22). The van der Waals surface area contributed by atoms with Gasteiger partial charge < -0.3 is 11.1 Å². The van der Waals surface area contributed by atoms with Crippen LogP contribution in [0.5, 0.6) is 0 Å². The Balaban J connectivity index is 1.89. The van der Waals surface area contributed by atoms with Crippen molar-refractivity contribution in [3.8, 4) is 0 Å². The number of nitrogens with one attached hydrogen (secondary N) is 2. The van der Waals surface area contributed by atoms with Crippen molar-refractivity contribution in [2.75, 3.05) is 24.2 Å². The lowest BCUT2D eigenvalue weighted by Gasteiger charge is -2.25. The predicted octanol–water partition coefficient (Wildman–Crippen LogP) is 2.26. The number of rotatable bonds is 9. The maximum Gasteiger partial charge on any atom is 0.213 e. The molecule has 1 fully saturated rings. The highest BCUT2D eigenvalue weighted by Crippen LogP contribution is 2.25. The number of para-hydroxylation sites is 1. The van der Waals surface area contributed by atoms with Gasteiger partial charge in [-0.3, -0.25) is 4.99 Å². The zero-order chi connectivity index (χ0) is 18.3. The van der Waals surface area contributed by atoms with E-state index in [1.807, 2.05) is 6.07 Å². The highest BCUT2D eigenvalue weighted by atomic mass is 32.2. The number of benzene rings is 1. The van der Waals surface area contributed by atoms with Crippen molar-refractivity contribution >= 4 is 21.7 Å². The molecule has 7 heteroatoms. The molecule has 6 nitrogen and oxygen atoms in total. The van der Waals surface area contributed by atoms with Crippen LogP contribution in [0.2, 0.25) is 0 Å². The van der Waals surface area contributed by atoms with Crippen molar-refractivity contribution in [3.05, 3.63) is 29.3 Å². The third kappa shape index (κ3) is 6.01. The number of hydrogen-bond donors (Lipinski definition) is 3. The van der Waals surface area contributed by atoms with Crippen LogP contribution in [0.1, 0.15) is 44.2 Å². The highest BCUT2D eigenvalue weighted by molar-refractivity contribution is 7.89. The first-order valence-electron chi connectivity index (χ1n) is 9.10. The van der Waals surface area contributed by atoms with Crippen LogP contribution in [0, 0.1) is 5.92 Å². The fourth-order valence-corrected chi connectivity index (χ4v) is 3.84. The van der Waals surface area contributed by atoms with E-state index >= 15 is 0 Å². The van der Waals surface area contributed by atoms with Crippen LogP contribution < -0.4 is 15.8 Å². The number of sulfonamides is 1. The molecule has 0 aromatic heterocycles. The Morgan fingerprint density at radius 3 is 2.40 bits per heavy atom. The molecular formula is C18H30N4O2S. The Labute approximate surface area is 151 Å². The Morgan fingerprint density at radius 1 is 1.24 bits per heavy atom. The second-order valence-electron chi connectivity index (χ2n) is 6.51. The Morgan fingerprint density at radius 2 is 1.88 bits per heavy atom. The molecule has 0 atom stereocenters. The quantitative estimate of drug-likeness (QED) is 0.461. The van der Waals surface area contributed by atoms with Gasteiger partial charge in [-0.05, 0) is 42.7 Å². The van der Waals surface area contributed by atoms with Crippen molar-refractivity contribution < 1.29 is 8.42 Å². The lowest BCUT2D eigenvalue weighted by molar-refractivity contribution is 0.316. The van der Waals surface area contributed by atoms with E-state index in [4.69, 9.17) is 5.73 Å². The largest absolute Gasteiger partial charge is 0.370 e. The van der Waals surface area contributed by atoms with Crippen LogP contribution in [-0.2, 0) is 22.9 Å². The molecule has 4 N–H and O–H groups in total. The normalized spacial score (nSPS) is 15.8. The average Bonchev–Trinajstić information content (AvgIpc) is 2.53. The maximum absolute atomic E-state index is 12.0.